The van der Waals surface area contributed by atoms with Gasteiger partial charge in [0.2, 0.25) is 5.91 Å². The fraction of sp³-hybridized carbons (Fsp3) is 0.105. The Hall–Kier alpha value is -2.93. The number of nitrogens with zero attached hydrogens (tertiary/aromatic N) is 2. The number of amides is 1. The van der Waals surface area contributed by atoms with Crippen LogP contribution in [0.5, 0.6) is 0 Å². The number of carbonyl (C=O) groups excluding carboxylic acids is 1. The molecule has 0 aliphatic rings. The molecular weight excluding hydrogens is 351 g/mol. The standard InChI is InChI=1S/C19H15FN4OS/c1-11-4-2-3-5-14(11)23-16(25)9-26-19-18-17(21-10-22-19)13-8-12(20)6-7-15(13)24-18/h2-8,10,24H,9H2,1H3,(H,23,25). The lowest BCUT2D eigenvalue weighted by Gasteiger charge is -2.07. The number of nitrogens with one attached hydrogen (secondary N) is 2. The van der Waals surface area contributed by atoms with Gasteiger partial charge in [-0.3, -0.25) is 4.79 Å². The Labute approximate surface area is 153 Å². The first-order valence-electron chi connectivity index (χ1n) is 8.02. The average Bonchev–Trinajstić information content (AvgIpc) is 3.00. The maximum Gasteiger partial charge on any atom is 0.234 e. The molecule has 4 rings (SSSR count). The Kier molecular flexibility index (Phi) is 4.30. The van der Waals surface area contributed by atoms with Crippen molar-refractivity contribution in [3.05, 3.63) is 60.2 Å². The lowest BCUT2D eigenvalue weighted by Crippen LogP contribution is -2.14. The number of anilines is 1. The monoisotopic (exact) mass is 366 g/mol. The number of benzene rings is 2. The first-order chi connectivity index (χ1) is 12.6. The molecule has 26 heavy (non-hydrogen) atoms. The number of carbonyl (C=O) groups is 1. The number of hydrogen-bond acceptors (Lipinski definition) is 4. The zero-order valence-corrected chi connectivity index (χ0v) is 14.7. The van der Waals surface area contributed by atoms with Gasteiger partial charge < -0.3 is 10.3 Å². The van der Waals surface area contributed by atoms with Gasteiger partial charge in [0.25, 0.3) is 0 Å². The van der Waals surface area contributed by atoms with Crippen LogP contribution < -0.4 is 5.32 Å². The van der Waals surface area contributed by atoms with Crippen LogP contribution in [-0.2, 0) is 4.79 Å². The topological polar surface area (TPSA) is 70.7 Å². The van der Waals surface area contributed by atoms with E-state index in [1.807, 2.05) is 31.2 Å². The number of aromatic nitrogens is 3. The number of para-hydroxylation sites is 1. The van der Waals surface area contributed by atoms with E-state index < -0.39 is 0 Å². The Bertz CT molecular complexity index is 1130. The summed E-state index contributed by atoms with van der Waals surface area (Å²) in [6.07, 6.45) is 1.43. The largest absolute Gasteiger partial charge is 0.351 e. The number of H-pyrrole nitrogens is 1. The van der Waals surface area contributed by atoms with Gasteiger partial charge in [0.15, 0.2) is 0 Å². The van der Waals surface area contributed by atoms with Crippen molar-refractivity contribution in [1.29, 1.82) is 0 Å². The normalized spacial score (nSPS) is 11.2. The summed E-state index contributed by atoms with van der Waals surface area (Å²) in [6.45, 7) is 1.94. The highest BCUT2D eigenvalue weighted by molar-refractivity contribution is 8.00. The Morgan fingerprint density at radius 3 is 2.92 bits per heavy atom. The molecule has 0 fully saturated rings. The van der Waals surface area contributed by atoms with E-state index in [1.165, 1.54) is 30.2 Å². The predicted octanol–water partition coefficient (Wildman–Crippen LogP) is 4.29. The van der Waals surface area contributed by atoms with Crippen molar-refractivity contribution in [3.8, 4) is 0 Å². The van der Waals surface area contributed by atoms with Crippen molar-refractivity contribution >= 4 is 45.3 Å². The van der Waals surface area contributed by atoms with Crippen LogP contribution in [-0.4, -0.2) is 26.6 Å². The van der Waals surface area contributed by atoms with Crippen molar-refractivity contribution in [3.63, 3.8) is 0 Å². The Balaban J connectivity index is 1.57. The number of aryl methyl sites for hydroxylation is 1. The molecule has 2 heterocycles. The Morgan fingerprint density at radius 2 is 2.08 bits per heavy atom. The number of rotatable bonds is 4. The van der Waals surface area contributed by atoms with Crippen LogP contribution in [0.2, 0.25) is 0 Å². The lowest BCUT2D eigenvalue weighted by molar-refractivity contribution is -0.113. The number of thioether (sulfide) groups is 1. The molecule has 2 N–H and O–H groups in total. The van der Waals surface area contributed by atoms with Crippen LogP contribution in [0.15, 0.2) is 53.8 Å². The van der Waals surface area contributed by atoms with Gasteiger partial charge >= 0.3 is 0 Å². The van der Waals surface area contributed by atoms with Crippen molar-refractivity contribution in [2.75, 3.05) is 11.1 Å². The Morgan fingerprint density at radius 1 is 1.23 bits per heavy atom. The van der Waals surface area contributed by atoms with Gasteiger partial charge in [0.1, 0.15) is 22.7 Å². The summed E-state index contributed by atoms with van der Waals surface area (Å²) in [5.74, 6) is -0.216. The smallest absolute Gasteiger partial charge is 0.234 e. The zero-order chi connectivity index (χ0) is 18.1. The summed E-state index contributed by atoms with van der Waals surface area (Å²) < 4.78 is 13.5. The molecule has 0 atom stereocenters. The quantitative estimate of drug-likeness (QED) is 0.417. The van der Waals surface area contributed by atoms with Crippen molar-refractivity contribution in [1.82, 2.24) is 15.0 Å². The van der Waals surface area contributed by atoms with Gasteiger partial charge in [-0.1, -0.05) is 30.0 Å². The average molecular weight is 366 g/mol. The van der Waals surface area contributed by atoms with Gasteiger partial charge in [0.05, 0.1) is 11.3 Å². The number of aromatic amines is 1. The summed E-state index contributed by atoms with van der Waals surface area (Å²) in [4.78, 5) is 24.0. The highest BCUT2D eigenvalue weighted by Crippen LogP contribution is 2.30. The molecule has 0 radical (unpaired) electrons. The van der Waals surface area contributed by atoms with E-state index >= 15 is 0 Å². The second-order valence-corrected chi connectivity index (χ2v) is 6.83. The van der Waals surface area contributed by atoms with E-state index in [1.54, 1.807) is 6.07 Å². The van der Waals surface area contributed by atoms with E-state index in [2.05, 4.69) is 20.3 Å². The summed E-state index contributed by atoms with van der Waals surface area (Å²) >= 11 is 1.31. The van der Waals surface area contributed by atoms with E-state index in [9.17, 15) is 9.18 Å². The molecule has 130 valence electrons. The number of fused-ring (bicyclic) bond motifs is 3. The molecule has 0 saturated heterocycles. The summed E-state index contributed by atoms with van der Waals surface area (Å²) in [7, 11) is 0. The van der Waals surface area contributed by atoms with Crippen LogP contribution in [0.3, 0.4) is 0 Å². The van der Waals surface area contributed by atoms with E-state index in [-0.39, 0.29) is 17.5 Å². The molecule has 0 unspecified atom stereocenters. The fourth-order valence-corrected chi connectivity index (χ4v) is 3.54. The second-order valence-electron chi connectivity index (χ2n) is 5.87. The van der Waals surface area contributed by atoms with Gasteiger partial charge in [0, 0.05) is 16.6 Å². The van der Waals surface area contributed by atoms with Gasteiger partial charge in [-0.15, -0.1) is 0 Å². The molecule has 2 aromatic carbocycles. The van der Waals surface area contributed by atoms with E-state index in [0.717, 1.165) is 16.8 Å². The fourth-order valence-electron chi connectivity index (χ4n) is 2.79. The lowest BCUT2D eigenvalue weighted by atomic mass is 10.2. The molecule has 2 aromatic heterocycles. The first kappa shape index (κ1) is 16.5. The third-order valence-electron chi connectivity index (χ3n) is 4.07. The molecule has 1 amide bonds. The molecular formula is C19H15FN4OS. The minimum Gasteiger partial charge on any atom is -0.351 e. The molecule has 0 aliphatic carbocycles. The van der Waals surface area contributed by atoms with Crippen LogP contribution in [0.1, 0.15) is 5.56 Å². The molecule has 0 saturated carbocycles. The highest BCUT2D eigenvalue weighted by atomic mass is 32.2. The van der Waals surface area contributed by atoms with Crippen molar-refractivity contribution in [2.45, 2.75) is 11.9 Å². The van der Waals surface area contributed by atoms with Gasteiger partial charge in [-0.2, -0.15) is 0 Å². The van der Waals surface area contributed by atoms with E-state index in [4.69, 9.17) is 0 Å². The SMILES string of the molecule is Cc1ccccc1NC(=O)CSc1ncnc2c1[nH]c1ccc(F)cc12. The zero-order valence-electron chi connectivity index (χ0n) is 13.9. The summed E-state index contributed by atoms with van der Waals surface area (Å²) in [5, 5.41) is 4.26. The van der Waals surface area contributed by atoms with Gasteiger partial charge in [-0.25, -0.2) is 14.4 Å². The molecule has 5 nitrogen and oxygen atoms in total. The molecule has 0 bridgehead atoms. The maximum atomic E-state index is 13.5. The molecule has 0 spiro atoms. The van der Waals surface area contributed by atoms with Crippen molar-refractivity contribution in [2.24, 2.45) is 0 Å². The minimum absolute atomic E-state index is 0.113. The maximum absolute atomic E-state index is 13.5. The number of hydrogen-bond donors (Lipinski definition) is 2. The van der Waals surface area contributed by atoms with E-state index in [0.29, 0.717) is 21.4 Å². The predicted molar refractivity (Wildman–Crippen MR) is 102 cm³/mol. The van der Waals surface area contributed by atoms with Crippen molar-refractivity contribution < 1.29 is 9.18 Å². The van der Waals surface area contributed by atoms with Crippen LogP contribution >= 0.6 is 11.8 Å². The second kappa shape index (κ2) is 6.76. The van der Waals surface area contributed by atoms with Crippen LogP contribution in [0, 0.1) is 12.7 Å². The molecule has 7 heteroatoms. The van der Waals surface area contributed by atoms with Crippen LogP contribution in [0.25, 0.3) is 21.9 Å². The van der Waals surface area contributed by atoms with Gasteiger partial charge in [-0.05, 0) is 36.8 Å². The third-order valence-corrected chi connectivity index (χ3v) is 5.06. The third kappa shape index (κ3) is 3.13. The summed E-state index contributed by atoms with van der Waals surface area (Å²) in [5.41, 5.74) is 3.95. The minimum atomic E-state index is -0.316. The number of halogens is 1. The first-order valence-corrected chi connectivity index (χ1v) is 9.00. The summed E-state index contributed by atoms with van der Waals surface area (Å²) in [6, 6.07) is 12.1. The highest BCUT2D eigenvalue weighted by Gasteiger charge is 2.13. The van der Waals surface area contributed by atoms with Crippen LogP contribution in [0.4, 0.5) is 10.1 Å². The molecule has 0 aliphatic heterocycles. The molecule has 4 aromatic rings.